The molecule has 2 saturated heterocycles. The molecule has 2 heterocycles. The van der Waals surface area contributed by atoms with Gasteiger partial charge in [0.1, 0.15) is 5.75 Å². The summed E-state index contributed by atoms with van der Waals surface area (Å²) in [5.41, 5.74) is 7.59. The number of hydrogen-bond donors (Lipinski definition) is 2. The quantitative estimate of drug-likeness (QED) is 0.829. The Morgan fingerprint density at radius 2 is 2.15 bits per heavy atom. The van der Waals surface area contributed by atoms with Gasteiger partial charge in [0, 0.05) is 36.9 Å². The highest BCUT2D eigenvalue weighted by molar-refractivity contribution is 5.85. The molecule has 0 aromatic heterocycles. The predicted molar refractivity (Wildman–Crippen MR) is 100 cm³/mol. The van der Waals surface area contributed by atoms with Crippen LogP contribution in [-0.2, 0) is 21.4 Å². The van der Waals surface area contributed by atoms with Crippen molar-refractivity contribution in [1.29, 1.82) is 0 Å². The second kappa shape index (κ2) is 5.96. The van der Waals surface area contributed by atoms with Gasteiger partial charge in [-0.05, 0) is 61.4 Å². The number of nitrogens with two attached hydrogens (primary N) is 1. The highest BCUT2D eigenvalue weighted by atomic mass is 16.3. The average Bonchev–Trinajstić information content (AvgIpc) is 3.42. The SMILES string of the molecule is NC(=O)CN1C[C@H]2[C@H]3Cc4ccc(O)cc4C2(CCN3CC2CC2)CC1=O. The van der Waals surface area contributed by atoms with E-state index in [1.807, 2.05) is 12.1 Å². The molecule has 2 bridgehead atoms. The molecule has 1 saturated carbocycles. The van der Waals surface area contributed by atoms with E-state index in [-0.39, 0.29) is 29.5 Å². The molecule has 1 unspecified atom stereocenters. The molecule has 4 aliphatic rings. The number of likely N-dealkylation sites (tertiary alicyclic amines) is 2. The zero-order valence-electron chi connectivity index (χ0n) is 15.6. The number of primary amides is 1. The first-order valence-electron chi connectivity index (χ1n) is 10.1. The molecule has 2 aliphatic heterocycles. The van der Waals surface area contributed by atoms with Gasteiger partial charge in [-0.15, -0.1) is 0 Å². The van der Waals surface area contributed by atoms with Gasteiger partial charge in [-0.3, -0.25) is 14.5 Å². The monoisotopic (exact) mass is 369 g/mol. The minimum Gasteiger partial charge on any atom is -0.508 e. The van der Waals surface area contributed by atoms with Crippen LogP contribution < -0.4 is 5.73 Å². The van der Waals surface area contributed by atoms with E-state index in [4.69, 9.17) is 5.73 Å². The largest absolute Gasteiger partial charge is 0.508 e. The summed E-state index contributed by atoms with van der Waals surface area (Å²) >= 11 is 0. The number of phenolic OH excluding ortho intramolecular Hbond substituents is 1. The molecule has 5 rings (SSSR count). The van der Waals surface area contributed by atoms with Crippen molar-refractivity contribution in [3.05, 3.63) is 29.3 Å². The number of fused-ring (bicyclic) bond motifs is 1. The Kier molecular flexibility index (Phi) is 3.76. The van der Waals surface area contributed by atoms with Gasteiger partial charge in [0.2, 0.25) is 11.8 Å². The van der Waals surface area contributed by atoms with Gasteiger partial charge in [-0.1, -0.05) is 6.07 Å². The number of carbonyl (C=O) groups excluding carboxylic acids is 2. The van der Waals surface area contributed by atoms with Crippen molar-refractivity contribution in [1.82, 2.24) is 9.80 Å². The molecule has 0 radical (unpaired) electrons. The van der Waals surface area contributed by atoms with E-state index >= 15 is 0 Å². The van der Waals surface area contributed by atoms with Gasteiger partial charge in [-0.25, -0.2) is 0 Å². The van der Waals surface area contributed by atoms with Crippen LogP contribution in [0.5, 0.6) is 5.75 Å². The molecule has 2 amide bonds. The Morgan fingerprint density at radius 3 is 2.89 bits per heavy atom. The van der Waals surface area contributed by atoms with Crippen LogP contribution >= 0.6 is 0 Å². The fourth-order valence-electron chi connectivity index (χ4n) is 5.89. The Balaban J connectivity index is 1.56. The van der Waals surface area contributed by atoms with E-state index in [1.165, 1.54) is 18.4 Å². The zero-order valence-corrected chi connectivity index (χ0v) is 15.6. The summed E-state index contributed by atoms with van der Waals surface area (Å²) in [6, 6.07) is 6.07. The highest BCUT2D eigenvalue weighted by Gasteiger charge is 2.57. The lowest BCUT2D eigenvalue weighted by Gasteiger charge is -2.60. The van der Waals surface area contributed by atoms with Crippen LogP contribution in [0.3, 0.4) is 0 Å². The molecular formula is C21H27N3O3. The van der Waals surface area contributed by atoms with Gasteiger partial charge in [-0.2, -0.15) is 0 Å². The number of carbonyl (C=O) groups is 2. The number of aromatic hydroxyl groups is 1. The van der Waals surface area contributed by atoms with Crippen LogP contribution in [-0.4, -0.2) is 58.9 Å². The maximum atomic E-state index is 12.9. The summed E-state index contributed by atoms with van der Waals surface area (Å²) in [5.74, 6) is 0.943. The molecule has 1 aromatic rings. The van der Waals surface area contributed by atoms with Crippen molar-refractivity contribution in [3.63, 3.8) is 0 Å². The summed E-state index contributed by atoms with van der Waals surface area (Å²) in [7, 11) is 0. The normalized spacial score (nSPS) is 32.7. The van der Waals surface area contributed by atoms with Gasteiger partial charge in [0.05, 0.1) is 6.54 Å². The molecule has 144 valence electrons. The average molecular weight is 369 g/mol. The van der Waals surface area contributed by atoms with Crippen LogP contribution in [0.15, 0.2) is 18.2 Å². The van der Waals surface area contributed by atoms with Gasteiger partial charge in [0.15, 0.2) is 0 Å². The summed E-state index contributed by atoms with van der Waals surface area (Å²) in [6.45, 7) is 2.75. The number of piperidine rings is 2. The molecule has 1 aromatic carbocycles. The second-order valence-electron chi connectivity index (χ2n) is 8.98. The van der Waals surface area contributed by atoms with E-state index in [2.05, 4.69) is 4.90 Å². The van der Waals surface area contributed by atoms with Crippen molar-refractivity contribution in [2.45, 2.75) is 43.6 Å². The Hall–Kier alpha value is -2.08. The van der Waals surface area contributed by atoms with E-state index in [0.717, 1.165) is 37.4 Å². The summed E-state index contributed by atoms with van der Waals surface area (Å²) in [5, 5.41) is 10.1. The fraction of sp³-hybridized carbons (Fsp3) is 0.619. The van der Waals surface area contributed by atoms with Crippen LogP contribution in [0.25, 0.3) is 0 Å². The maximum absolute atomic E-state index is 12.9. The Morgan fingerprint density at radius 1 is 1.33 bits per heavy atom. The molecule has 3 N–H and O–H groups in total. The number of benzene rings is 1. The minimum absolute atomic E-state index is 0.00759. The lowest BCUT2D eigenvalue weighted by atomic mass is 9.54. The third-order valence-electron chi connectivity index (χ3n) is 7.32. The van der Waals surface area contributed by atoms with Crippen molar-refractivity contribution >= 4 is 11.8 Å². The highest BCUT2D eigenvalue weighted by Crippen LogP contribution is 2.54. The number of rotatable bonds is 4. The zero-order chi connectivity index (χ0) is 18.8. The fourth-order valence-corrected chi connectivity index (χ4v) is 5.89. The third-order valence-corrected chi connectivity index (χ3v) is 7.32. The number of nitrogens with zero attached hydrogens (tertiary/aromatic N) is 2. The molecule has 0 spiro atoms. The maximum Gasteiger partial charge on any atom is 0.237 e. The Labute approximate surface area is 159 Å². The van der Waals surface area contributed by atoms with Crippen molar-refractivity contribution in [2.75, 3.05) is 26.2 Å². The summed E-state index contributed by atoms with van der Waals surface area (Å²) in [6.07, 6.45) is 4.96. The van der Waals surface area contributed by atoms with E-state index in [9.17, 15) is 14.7 Å². The van der Waals surface area contributed by atoms with Crippen molar-refractivity contribution in [3.8, 4) is 5.75 Å². The van der Waals surface area contributed by atoms with Crippen LogP contribution in [0, 0.1) is 11.8 Å². The summed E-state index contributed by atoms with van der Waals surface area (Å²) < 4.78 is 0. The van der Waals surface area contributed by atoms with Crippen LogP contribution in [0.1, 0.15) is 36.8 Å². The topological polar surface area (TPSA) is 86.9 Å². The predicted octanol–water partition coefficient (Wildman–Crippen LogP) is 1.00. The number of amides is 2. The van der Waals surface area contributed by atoms with E-state index in [1.54, 1.807) is 11.0 Å². The molecule has 27 heavy (non-hydrogen) atoms. The van der Waals surface area contributed by atoms with Crippen LogP contribution in [0.4, 0.5) is 0 Å². The van der Waals surface area contributed by atoms with E-state index < -0.39 is 5.91 Å². The standard InChI is InChI=1S/C21H27N3O3/c22-19(26)12-24-11-17-18-7-14-3-4-15(25)8-16(14)21(17,9-20(24)27)5-6-23(18)10-13-1-2-13/h3-4,8,13,17-18,25H,1-2,5-7,9-12H2,(H2,22,26)/t17-,18+,21?/m0/s1. The van der Waals surface area contributed by atoms with Gasteiger partial charge in [0.25, 0.3) is 0 Å². The number of hydrogen-bond acceptors (Lipinski definition) is 4. The van der Waals surface area contributed by atoms with Crippen molar-refractivity contribution in [2.24, 2.45) is 17.6 Å². The minimum atomic E-state index is -0.451. The molecule has 6 nitrogen and oxygen atoms in total. The molecule has 3 fully saturated rings. The third kappa shape index (κ3) is 2.73. The first kappa shape index (κ1) is 17.0. The van der Waals surface area contributed by atoms with Gasteiger partial charge < -0.3 is 15.7 Å². The van der Waals surface area contributed by atoms with Crippen LogP contribution in [0.2, 0.25) is 0 Å². The van der Waals surface area contributed by atoms with Gasteiger partial charge >= 0.3 is 0 Å². The smallest absolute Gasteiger partial charge is 0.237 e. The number of phenols is 1. The Bertz CT molecular complexity index is 806. The first-order valence-corrected chi connectivity index (χ1v) is 10.1. The molecule has 3 atom stereocenters. The lowest BCUT2D eigenvalue weighted by molar-refractivity contribution is -0.147. The van der Waals surface area contributed by atoms with Crippen molar-refractivity contribution < 1.29 is 14.7 Å². The first-order chi connectivity index (χ1) is 13.0. The second-order valence-corrected chi connectivity index (χ2v) is 8.98. The molecule has 2 aliphatic carbocycles. The summed E-state index contributed by atoms with van der Waals surface area (Å²) in [4.78, 5) is 28.6. The molecule has 6 heteroatoms. The molecular weight excluding hydrogens is 342 g/mol. The van der Waals surface area contributed by atoms with E-state index in [0.29, 0.717) is 19.0 Å². The lowest BCUT2D eigenvalue weighted by Crippen LogP contribution is -2.67.